The smallest absolute Gasteiger partial charge is 0.306 e. The van der Waals surface area contributed by atoms with E-state index >= 15 is 0 Å². The van der Waals surface area contributed by atoms with Crippen LogP contribution in [0.2, 0.25) is 0 Å². The Hall–Kier alpha value is -1.14. The second kappa shape index (κ2) is 32.8. The maximum atomic E-state index is 12.6. The van der Waals surface area contributed by atoms with Gasteiger partial charge < -0.3 is 19.5 Å². The van der Waals surface area contributed by atoms with Gasteiger partial charge in [0.15, 0.2) is 0 Å². The van der Waals surface area contributed by atoms with Crippen molar-refractivity contribution in [2.24, 2.45) is 0 Å². The molecule has 0 radical (unpaired) electrons. The first-order valence-corrected chi connectivity index (χ1v) is 18.3. The van der Waals surface area contributed by atoms with Crippen LogP contribution in [0.15, 0.2) is 0 Å². The molecule has 0 amide bonds. The zero-order chi connectivity index (χ0) is 30.9. The molecule has 0 aliphatic heterocycles. The molecule has 0 saturated carbocycles. The maximum Gasteiger partial charge on any atom is 0.306 e. The highest BCUT2D eigenvalue weighted by molar-refractivity contribution is 5.69. The summed E-state index contributed by atoms with van der Waals surface area (Å²) in [6, 6.07) is 0. The Kier molecular flexibility index (Phi) is 31.9. The third-order valence-electron chi connectivity index (χ3n) is 8.20. The van der Waals surface area contributed by atoms with Crippen LogP contribution >= 0.6 is 0 Å². The first-order valence-electron chi connectivity index (χ1n) is 18.3. The lowest BCUT2D eigenvalue weighted by molar-refractivity contribution is -0.150. The van der Waals surface area contributed by atoms with Crippen LogP contribution in [0.3, 0.4) is 0 Å². The van der Waals surface area contributed by atoms with Gasteiger partial charge in [-0.3, -0.25) is 9.59 Å². The van der Waals surface area contributed by atoms with Gasteiger partial charge >= 0.3 is 11.9 Å². The molecule has 250 valence electrons. The van der Waals surface area contributed by atoms with E-state index in [1.165, 1.54) is 83.5 Å². The molecule has 0 bridgehead atoms. The van der Waals surface area contributed by atoms with E-state index in [1.807, 2.05) is 0 Å². The van der Waals surface area contributed by atoms with Gasteiger partial charge in [0.25, 0.3) is 0 Å². The van der Waals surface area contributed by atoms with Crippen LogP contribution < -0.4 is 0 Å². The van der Waals surface area contributed by atoms with Crippen LogP contribution in [-0.4, -0.2) is 60.9 Å². The summed E-state index contributed by atoms with van der Waals surface area (Å²) in [7, 11) is 0. The molecule has 0 rings (SSSR count). The SMILES string of the molecule is CCCCCCCCC(CCCCCCCC)OC(=O)CCCCCN(CCO)CCCC(=O)OCCCCCCC. The largest absolute Gasteiger partial charge is 0.466 e. The summed E-state index contributed by atoms with van der Waals surface area (Å²) in [5, 5.41) is 9.45. The number of nitrogens with zero attached hydrogens (tertiary/aromatic N) is 1. The van der Waals surface area contributed by atoms with Crippen molar-refractivity contribution in [2.75, 3.05) is 32.8 Å². The highest BCUT2D eigenvalue weighted by atomic mass is 16.5. The molecule has 0 aliphatic carbocycles. The van der Waals surface area contributed by atoms with E-state index in [2.05, 4.69) is 25.7 Å². The third kappa shape index (κ3) is 29.0. The first kappa shape index (κ1) is 40.9. The third-order valence-corrected chi connectivity index (χ3v) is 8.20. The van der Waals surface area contributed by atoms with E-state index in [1.54, 1.807) is 0 Å². The van der Waals surface area contributed by atoms with E-state index in [0.29, 0.717) is 26.0 Å². The van der Waals surface area contributed by atoms with Crippen molar-refractivity contribution in [3.8, 4) is 0 Å². The fourth-order valence-electron chi connectivity index (χ4n) is 5.48. The minimum Gasteiger partial charge on any atom is -0.466 e. The summed E-state index contributed by atoms with van der Waals surface area (Å²) in [5.74, 6) is -0.146. The van der Waals surface area contributed by atoms with Crippen molar-refractivity contribution in [1.29, 1.82) is 0 Å². The summed E-state index contributed by atoms with van der Waals surface area (Å²) >= 11 is 0. The second-order valence-electron chi connectivity index (χ2n) is 12.3. The Balaban J connectivity index is 4.17. The number of esters is 2. The van der Waals surface area contributed by atoms with Crippen molar-refractivity contribution in [2.45, 2.75) is 187 Å². The number of aliphatic hydroxyl groups is 1. The van der Waals surface area contributed by atoms with Crippen molar-refractivity contribution >= 4 is 11.9 Å². The number of hydrogen-bond donors (Lipinski definition) is 1. The Morgan fingerprint density at radius 2 is 1.02 bits per heavy atom. The molecule has 42 heavy (non-hydrogen) atoms. The Labute approximate surface area is 261 Å². The van der Waals surface area contributed by atoms with Gasteiger partial charge in [-0.2, -0.15) is 0 Å². The minimum atomic E-state index is -0.112. The zero-order valence-electron chi connectivity index (χ0n) is 28.3. The molecule has 0 unspecified atom stereocenters. The maximum absolute atomic E-state index is 12.6. The quantitative estimate of drug-likeness (QED) is 0.0600. The molecule has 0 spiro atoms. The number of ether oxygens (including phenoxy) is 2. The van der Waals surface area contributed by atoms with Gasteiger partial charge in [-0.15, -0.1) is 0 Å². The topological polar surface area (TPSA) is 76.1 Å². The second-order valence-corrected chi connectivity index (χ2v) is 12.3. The lowest BCUT2D eigenvalue weighted by Crippen LogP contribution is -2.29. The number of unbranched alkanes of at least 4 members (excludes halogenated alkanes) is 16. The Morgan fingerprint density at radius 3 is 1.60 bits per heavy atom. The van der Waals surface area contributed by atoms with Crippen molar-refractivity contribution < 1.29 is 24.2 Å². The highest BCUT2D eigenvalue weighted by Crippen LogP contribution is 2.18. The summed E-state index contributed by atoms with van der Waals surface area (Å²) in [5.41, 5.74) is 0. The van der Waals surface area contributed by atoms with E-state index in [-0.39, 0.29) is 24.6 Å². The van der Waals surface area contributed by atoms with Crippen molar-refractivity contribution in [3.63, 3.8) is 0 Å². The highest BCUT2D eigenvalue weighted by Gasteiger charge is 2.14. The molecule has 0 heterocycles. The van der Waals surface area contributed by atoms with E-state index < -0.39 is 0 Å². The first-order chi connectivity index (χ1) is 20.6. The number of aliphatic hydroxyl groups excluding tert-OH is 1. The molecule has 6 heteroatoms. The molecule has 0 aromatic rings. The number of hydrogen-bond acceptors (Lipinski definition) is 6. The van der Waals surface area contributed by atoms with Crippen molar-refractivity contribution in [3.05, 3.63) is 0 Å². The fourth-order valence-corrected chi connectivity index (χ4v) is 5.48. The lowest BCUT2D eigenvalue weighted by Gasteiger charge is -2.21. The van der Waals surface area contributed by atoms with Gasteiger partial charge in [0.2, 0.25) is 0 Å². The van der Waals surface area contributed by atoms with E-state index in [0.717, 1.165) is 77.3 Å². The Morgan fingerprint density at radius 1 is 0.548 bits per heavy atom. The standard InChI is InChI=1S/C36H71NO5/c1-4-7-10-13-15-19-25-34(26-20-16-14-11-8-5-2)42-36(40)27-21-18-22-29-37(31-32-38)30-24-28-35(39)41-33-23-17-12-9-6-3/h34,38H,4-33H2,1-3H3. The van der Waals surface area contributed by atoms with Crippen LogP contribution in [0.25, 0.3) is 0 Å². The number of rotatable bonds is 33. The van der Waals surface area contributed by atoms with Crippen LogP contribution in [0.5, 0.6) is 0 Å². The predicted molar refractivity (Wildman–Crippen MR) is 177 cm³/mol. The molecular weight excluding hydrogens is 526 g/mol. The molecule has 0 fully saturated rings. The molecule has 0 atom stereocenters. The summed E-state index contributed by atoms with van der Waals surface area (Å²) < 4.78 is 11.3. The predicted octanol–water partition coefficient (Wildman–Crippen LogP) is 9.55. The molecule has 6 nitrogen and oxygen atoms in total. The monoisotopic (exact) mass is 598 g/mol. The molecular formula is C36H71NO5. The Bertz CT molecular complexity index is 569. The molecule has 1 N–H and O–H groups in total. The normalized spacial score (nSPS) is 11.5. The van der Waals surface area contributed by atoms with Crippen LogP contribution in [-0.2, 0) is 19.1 Å². The molecule has 0 saturated heterocycles. The molecule has 0 aromatic carbocycles. The fraction of sp³-hybridized carbons (Fsp3) is 0.944. The molecule has 0 aromatic heterocycles. The zero-order valence-corrected chi connectivity index (χ0v) is 28.3. The van der Waals surface area contributed by atoms with E-state index in [4.69, 9.17) is 9.47 Å². The van der Waals surface area contributed by atoms with Gasteiger partial charge in [-0.25, -0.2) is 0 Å². The average molecular weight is 598 g/mol. The van der Waals surface area contributed by atoms with Gasteiger partial charge in [-0.05, 0) is 64.5 Å². The van der Waals surface area contributed by atoms with Gasteiger partial charge in [0.05, 0.1) is 13.2 Å². The molecule has 0 aliphatic rings. The van der Waals surface area contributed by atoms with Crippen LogP contribution in [0.1, 0.15) is 181 Å². The van der Waals surface area contributed by atoms with E-state index in [9.17, 15) is 14.7 Å². The van der Waals surface area contributed by atoms with Crippen LogP contribution in [0, 0.1) is 0 Å². The summed E-state index contributed by atoms with van der Waals surface area (Å²) in [4.78, 5) is 26.9. The average Bonchev–Trinajstić information content (AvgIpc) is 2.98. The van der Waals surface area contributed by atoms with Gasteiger partial charge in [0, 0.05) is 19.4 Å². The summed E-state index contributed by atoms with van der Waals surface area (Å²) in [6.07, 6.45) is 27.6. The number of carbonyl (C=O) groups excluding carboxylic acids is 2. The minimum absolute atomic E-state index is 0.0342. The summed E-state index contributed by atoms with van der Waals surface area (Å²) in [6.45, 7) is 9.62. The van der Waals surface area contributed by atoms with Crippen LogP contribution in [0.4, 0.5) is 0 Å². The lowest BCUT2D eigenvalue weighted by atomic mass is 10.0. The van der Waals surface area contributed by atoms with Gasteiger partial charge in [-0.1, -0.05) is 117 Å². The van der Waals surface area contributed by atoms with Crippen molar-refractivity contribution in [1.82, 2.24) is 4.90 Å². The van der Waals surface area contributed by atoms with Gasteiger partial charge in [0.1, 0.15) is 6.10 Å². The number of carbonyl (C=O) groups is 2.